The molecule has 26 heavy (non-hydrogen) atoms. The van der Waals surface area contributed by atoms with Gasteiger partial charge in [0.1, 0.15) is 5.82 Å². The molecule has 138 valence electrons. The normalized spacial score (nSPS) is 15.1. The molecule has 1 fully saturated rings. The summed E-state index contributed by atoms with van der Waals surface area (Å²) in [6, 6.07) is 8.81. The summed E-state index contributed by atoms with van der Waals surface area (Å²) in [4.78, 5) is 28.2. The van der Waals surface area contributed by atoms with Crippen LogP contribution in [0.5, 0.6) is 0 Å². The summed E-state index contributed by atoms with van der Waals surface area (Å²) >= 11 is 3.20. The third-order valence-corrected chi connectivity index (χ3v) is 4.69. The minimum Gasteiger partial charge on any atom is -0.444 e. The molecule has 8 heteroatoms. The van der Waals surface area contributed by atoms with Crippen molar-refractivity contribution in [2.75, 3.05) is 39.3 Å². The van der Waals surface area contributed by atoms with Crippen LogP contribution >= 0.6 is 15.9 Å². The number of halogens is 2. The molecule has 0 atom stereocenters. The number of furan rings is 1. The van der Waals surface area contributed by atoms with Gasteiger partial charge in [-0.15, -0.1) is 0 Å². The quantitative estimate of drug-likeness (QED) is 0.801. The Labute approximate surface area is 159 Å². The van der Waals surface area contributed by atoms with Crippen molar-refractivity contribution in [2.24, 2.45) is 0 Å². The van der Waals surface area contributed by atoms with Crippen molar-refractivity contribution in [1.82, 2.24) is 15.1 Å². The first-order valence-electron chi connectivity index (χ1n) is 8.33. The number of rotatable bonds is 5. The molecule has 0 unspecified atom stereocenters. The summed E-state index contributed by atoms with van der Waals surface area (Å²) in [5.41, 5.74) is 0.437. The second-order valence-electron chi connectivity index (χ2n) is 6.00. The molecule has 1 saturated heterocycles. The SMILES string of the molecule is O=C(NCCN1CCN(C(=O)c2ccc(Br)o2)CC1)c1ccc(F)cc1. The van der Waals surface area contributed by atoms with Crippen molar-refractivity contribution < 1.29 is 18.4 Å². The first kappa shape index (κ1) is 18.6. The van der Waals surface area contributed by atoms with Gasteiger partial charge in [-0.05, 0) is 52.3 Å². The van der Waals surface area contributed by atoms with Crippen molar-refractivity contribution in [3.63, 3.8) is 0 Å². The molecule has 0 spiro atoms. The Hall–Kier alpha value is -2.19. The van der Waals surface area contributed by atoms with E-state index in [1.807, 2.05) is 0 Å². The number of amides is 2. The maximum absolute atomic E-state index is 12.9. The van der Waals surface area contributed by atoms with E-state index in [1.165, 1.54) is 24.3 Å². The fourth-order valence-corrected chi connectivity index (χ4v) is 3.10. The third kappa shape index (κ3) is 4.70. The highest BCUT2D eigenvalue weighted by atomic mass is 79.9. The Balaban J connectivity index is 1.39. The molecule has 2 aromatic rings. The van der Waals surface area contributed by atoms with Gasteiger partial charge >= 0.3 is 0 Å². The van der Waals surface area contributed by atoms with E-state index in [4.69, 9.17) is 4.42 Å². The molecule has 1 N–H and O–H groups in total. The number of carbonyl (C=O) groups excluding carboxylic acids is 2. The average molecular weight is 424 g/mol. The Bertz CT molecular complexity index is 770. The molecule has 2 amide bonds. The van der Waals surface area contributed by atoms with Gasteiger partial charge in [0.2, 0.25) is 0 Å². The van der Waals surface area contributed by atoms with Gasteiger partial charge in [0.05, 0.1) is 0 Å². The van der Waals surface area contributed by atoms with Gasteiger partial charge in [-0.3, -0.25) is 14.5 Å². The smallest absolute Gasteiger partial charge is 0.289 e. The van der Waals surface area contributed by atoms with Crippen LogP contribution in [0.15, 0.2) is 45.5 Å². The number of nitrogens with zero attached hydrogens (tertiary/aromatic N) is 2. The zero-order chi connectivity index (χ0) is 18.5. The predicted molar refractivity (Wildman–Crippen MR) is 97.5 cm³/mol. The number of carbonyl (C=O) groups is 2. The Morgan fingerprint density at radius 1 is 1.08 bits per heavy atom. The molecular formula is C18H19BrFN3O3. The standard InChI is InChI=1S/C18H19BrFN3O3/c19-16-6-5-15(26-16)18(25)23-11-9-22(10-12-23)8-7-21-17(24)13-1-3-14(20)4-2-13/h1-6H,7-12H2,(H,21,24). The summed E-state index contributed by atoms with van der Waals surface area (Å²) < 4.78 is 18.7. The van der Waals surface area contributed by atoms with Gasteiger partial charge in [-0.2, -0.15) is 0 Å². The van der Waals surface area contributed by atoms with Crippen LogP contribution in [0.25, 0.3) is 0 Å². The summed E-state index contributed by atoms with van der Waals surface area (Å²) in [6.07, 6.45) is 0. The van der Waals surface area contributed by atoms with Crippen molar-refractivity contribution in [2.45, 2.75) is 0 Å². The van der Waals surface area contributed by atoms with E-state index in [1.54, 1.807) is 17.0 Å². The molecule has 6 nitrogen and oxygen atoms in total. The predicted octanol–water partition coefficient (Wildman–Crippen LogP) is 2.37. The first-order valence-corrected chi connectivity index (χ1v) is 9.13. The summed E-state index contributed by atoms with van der Waals surface area (Å²) in [5.74, 6) is -0.366. The van der Waals surface area contributed by atoms with Crippen molar-refractivity contribution in [3.8, 4) is 0 Å². The van der Waals surface area contributed by atoms with Crippen LogP contribution in [0, 0.1) is 5.82 Å². The maximum atomic E-state index is 12.9. The molecule has 0 bridgehead atoms. The van der Waals surface area contributed by atoms with E-state index in [-0.39, 0.29) is 17.6 Å². The van der Waals surface area contributed by atoms with Crippen LogP contribution in [0.3, 0.4) is 0 Å². The first-order chi connectivity index (χ1) is 12.5. The summed E-state index contributed by atoms with van der Waals surface area (Å²) in [6.45, 7) is 3.89. The second kappa shape index (κ2) is 8.46. The molecule has 2 heterocycles. The van der Waals surface area contributed by atoms with E-state index in [9.17, 15) is 14.0 Å². The highest BCUT2D eigenvalue weighted by molar-refractivity contribution is 9.10. The van der Waals surface area contributed by atoms with E-state index in [0.717, 1.165) is 13.1 Å². The van der Waals surface area contributed by atoms with Crippen LogP contribution in [0.1, 0.15) is 20.9 Å². The lowest BCUT2D eigenvalue weighted by Crippen LogP contribution is -2.50. The summed E-state index contributed by atoms with van der Waals surface area (Å²) in [7, 11) is 0. The minimum absolute atomic E-state index is 0.111. The number of piperazine rings is 1. The molecule has 1 aromatic heterocycles. The lowest BCUT2D eigenvalue weighted by molar-refractivity contribution is 0.0606. The molecule has 1 aliphatic heterocycles. The maximum Gasteiger partial charge on any atom is 0.289 e. The van der Waals surface area contributed by atoms with E-state index in [0.29, 0.717) is 42.2 Å². The largest absolute Gasteiger partial charge is 0.444 e. The van der Waals surface area contributed by atoms with Gasteiger partial charge in [-0.1, -0.05) is 0 Å². The van der Waals surface area contributed by atoms with Gasteiger partial charge in [0.15, 0.2) is 10.4 Å². The van der Waals surface area contributed by atoms with E-state index in [2.05, 4.69) is 26.1 Å². The average Bonchev–Trinajstić information content (AvgIpc) is 3.08. The van der Waals surface area contributed by atoms with Gasteiger partial charge < -0.3 is 14.6 Å². The molecule has 0 radical (unpaired) electrons. The van der Waals surface area contributed by atoms with Crippen LogP contribution in [0.4, 0.5) is 4.39 Å². The molecule has 0 saturated carbocycles. The van der Waals surface area contributed by atoms with E-state index < -0.39 is 0 Å². The molecule has 1 aliphatic rings. The fourth-order valence-electron chi connectivity index (χ4n) is 2.79. The van der Waals surface area contributed by atoms with Crippen molar-refractivity contribution in [1.29, 1.82) is 0 Å². The monoisotopic (exact) mass is 423 g/mol. The van der Waals surface area contributed by atoms with Crippen LogP contribution in [-0.2, 0) is 0 Å². The zero-order valence-electron chi connectivity index (χ0n) is 14.1. The molecule has 3 rings (SSSR count). The Morgan fingerprint density at radius 3 is 2.38 bits per heavy atom. The third-order valence-electron chi connectivity index (χ3n) is 4.26. The van der Waals surface area contributed by atoms with Crippen LogP contribution in [-0.4, -0.2) is 60.9 Å². The van der Waals surface area contributed by atoms with Gasteiger partial charge in [-0.25, -0.2) is 4.39 Å². The van der Waals surface area contributed by atoms with Crippen LogP contribution in [0.2, 0.25) is 0 Å². The number of hydrogen-bond donors (Lipinski definition) is 1. The fraction of sp³-hybridized carbons (Fsp3) is 0.333. The number of nitrogens with one attached hydrogen (secondary N) is 1. The topological polar surface area (TPSA) is 65.8 Å². The van der Waals surface area contributed by atoms with Gasteiger partial charge in [0, 0.05) is 44.8 Å². The highest BCUT2D eigenvalue weighted by Crippen LogP contribution is 2.16. The van der Waals surface area contributed by atoms with E-state index >= 15 is 0 Å². The van der Waals surface area contributed by atoms with Gasteiger partial charge in [0.25, 0.3) is 11.8 Å². The Morgan fingerprint density at radius 2 is 1.77 bits per heavy atom. The van der Waals surface area contributed by atoms with Crippen molar-refractivity contribution >= 4 is 27.7 Å². The molecular weight excluding hydrogens is 405 g/mol. The lowest BCUT2D eigenvalue weighted by atomic mass is 10.2. The second-order valence-corrected chi connectivity index (χ2v) is 6.78. The minimum atomic E-state index is -0.365. The number of hydrogen-bond acceptors (Lipinski definition) is 4. The molecule has 1 aromatic carbocycles. The van der Waals surface area contributed by atoms with Crippen molar-refractivity contribution in [3.05, 3.63) is 58.2 Å². The van der Waals surface area contributed by atoms with Crippen LogP contribution < -0.4 is 5.32 Å². The number of benzene rings is 1. The zero-order valence-corrected chi connectivity index (χ0v) is 15.7. The lowest BCUT2D eigenvalue weighted by Gasteiger charge is -2.34. The highest BCUT2D eigenvalue weighted by Gasteiger charge is 2.24. The summed E-state index contributed by atoms with van der Waals surface area (Å²) in [5, 5.41) is 2.82. The molecule has 0 aliphatic carbocycles. The Kier molecular flexibility index (Phi) is 6.05.